The Morgan fingerprint density at radius 3 is 2.76 bits per heavy atom. The van der Waals surface area contributed by atoms with Gasteiger partial charge in [0.1, 0.15) is 5.75 Å². The maximum absolute atomic E-state index is 13.5. The van der Waals surface area contributed by atoms with Crippen LogP contribution in [-0.4, -0.2) is 53.0 Å². The van der Waals surface area contributed by atoms with Crippen LogP contribution in [0.15, 0.2) is 54.7 Å². The first-order valence-electron chi connectivity index (χ1n) is 12.0. The third kappa shape index (κ3) is 3.55. The van der Waals surface area contributed by atoms with Gasteiger partial charge in [0.2, 0.25) is 5.91 Å². The Morgan fingerprint density at radius 1 is 1.21 bits per heavy atom. The normalized spacial score (nSPS) is 22.1. The van der Waals surface area contributed by atoms with E-state index in [-0.39, 0.29) is 17.4 Å². The number of aromatic amines is 1. The van der Waals surface area contributed by atoms with Gasteiger partial charge in [-0.15, -0.1) is 0 Å². The van der Waals surface area contributed by atoms with E-state index in [0.29, 0.717) is 6.54 Å². The smallest absolute Gasteiger partial charge is 0.230 e. The maximum Gasteiger partial charge on any atom is 0.230 e. The van der Waals surface area contributed by atoms with Crippen LogP contribution < -0.4 is 4.74 Å². The average Bonchev–Trinajstić information content (AvgIpc) is 3.24. The second-order valence-electron chi connectivity index (χ2n) is 9.42. The number of carbonyl (C=O) groups is 1. The van der Waals surface area contributed by atoms with Gasteiger partial charge in [-0.25, -0.2) is 0 Å². The molecule has 0 saturated carbocycles. The number of hydrogen-bond donors (Lipinski definition) is 1. The van der Waals surface area contributed by atoms with Gasteiger partial charge in [-0.2, -0.15) is 0 Å². The molecule has 0 radical (unpaired) electrons. The lowest BCUT2D eigenvalue weighted by Gasteiger charge is -2.50. The summed E-state index contributed by atoms with van der Waals surface area (Å²) in [6, 6.07) is 14.8. The zero-order chi connectivity index (χ0) is 23.2. The van der Waals surface area contributed by atoms with Gasteiger partial charge in [-0.05, 0) is 67.7 Å². The lowest BCUT2D eigenvalue weighted by atomic mass is 9.70. The molecule has 5 nitrogen and oxygen atoms in total. The predicted molar refractivity (Wildman–Crippen MR) is 133 cm³/mol. The van der Waals surface area contributed by atoms with E-state index in [1.165, 1.54) is 33.2 Å². The van der Waals surface area contributed by atoms with Crippen molar-refractivity contribution in [3.8, 4) is 5.75 Å². The zero-order valence-corrected chi connectivity index (χ0v) is 20.0. The number of fused-ring (bicyclic) bond motifs is 2. The third-order valence-electron chi connectivity index (χ3n) is 7.58. The van der Waals surface area contributed by atoms with Gasteiger partial charge in [0.25, 0.3) is 0 Å². The Bertz CT molecular complexity index is 1220. The highest BCUT2D eigenvalue weighted by molar-refractivity contribution is 6.00. The first-order chi connectivity index (χ1) is 16.0. The average molecular weight is 444 g/mol. The Morgan fingerprint density at radius 2 is 2.00 bits per heavy atom. The van der Waals surface area contributed by atoms with Gasteiger partial charge < -0.3 is 14.6 Å². The first kappa shape index (κ1) is 21.8. The number of aromatic nitrogens is 1. The number of nitrogens with zero attached hydrogens (tertiary/aromatic N) is 2. The van der Waals surface area contributed by atoms with Gasteiger partial charge in [0.05, 0.1) is 13.0 Å². The number of hydrogen-bond acceptors (Lipinski definition) is 3. The van der Waals surface area contributed by atoms with E-state index < -0.39 is 0 Å². The largest absolute Gasteiger partial charge is 0.497 e. The van der Waals surface area contributed by atoms with Crippen LogP contribution in [0.2, 0.25) is 0 Å². The van der Waals surface area contributed by atoms with Crippen molar-refractivity contribution >= 4 is 22.4 Å². The Hall–Kier alpha value is -3.05. The zero-order valence-electron chi connectivity index (χ0n) is 20.0. The molecule has 1 aromatic heterocycles. The molecular weight excluding hydrogens is 410 g/mol. The van der Waals surface area contributed by atoms with Crippen molar-refractivity contribution in [2.45, 2.75) is 39.3 Å². The van der Waals surface area contributed by atoms with Crippen molar-refractivity contribution in [2.24, 2.45) is 5.92 Å². The molecule has 0 saturated heterocycles. The fourth-order valence-electron chi connectivity index (χ4n) is 5.77. The third-order valence-corrected chi connectivity index (χ3v) is 7.58. The summed E-state index contributed by atoms with van der Waals surface area (Å²) in [7, 11) is 1.70. The van der Waals surface area contributed by atoms with E-state index in [9.17, 15) is 4.79 Å². The minimum Gasteiger partial charge on any atom is -0.497 e. The van der Waals surface area contributed by atoms with Crippen molar-refractivity contribution in [3.63, 3.8) is 0 Å². The lowest BCUT2D eigenvalue weighted by Crippen LogP contribution is -2.56. The second kappa shape index (κ2) is 8.38. The second-order valence-corrected chi connectivity index (χ2v) is 9.42. The molecule has 2 atom stereocenters. The summed E-state index contributed by atoms with van der Waals surface area (Å²) in [4.78, 5) is 21.4. The predicted octanol–water partition coefficient (Wildman–Crippen LogP) is 4.88. The highest BCUT2D eigenvalue weighted by Gasteiger charge is 2.46. The van der Waals surface area contributed by atoms with E-state index in [2.05, 4.69) is 73.3 Å². The number of nitrogens with one attached hydrogen (secondary N) is 1. The molecule has 172 valence electrons. The van der Waals surface area contributed by atoms with E-state index in [1.807, 2.05) is 17.0 Å². The Balaban J connectivity index is 1.62. The molecule has 0 fully saturated rings. The Labute approximate surface area is 196 Å². The fraction of sp³-hybridized carbons (Fsp3) is 0.393. The fourth-order valence-corrected chi connectivity index (χ4v) is 5.77. The standard InChI is InChI=1S/C28H33N3O2/c1-5-30(6-2)27(32)20-14-24-23-11-8-12-25-26(23)21(16-29-25)15-28(24,3)31(18-20)17-19-9-7-10-22(13-19)33-4/h7-14,16,20,29H,5-6,15,17-18H2,1-4H3/t20-,28?/m1/s1. The summed E-state index contributed by atoms with van der Waals surface area (Å²) < 4.78 is 5.48. The number of H-pyrrole nitrogens is 1. The molecule has 1 amide bonds. The molecule has 0 spiro atoms. The molecule has 2 heterocycles. The number of methoxy groups -OCH3 is 1. The summed E-state index contributed by atoms with van der Waals surface area (Å²) in [5.41, 5.74) is 6.06. The van der Waals surface area contributed by atoms with Crippen molar-refractivity contribution in [1.29, 1.82) is 0 Å². The number of carbonyl (C=O) groups excluding carboxylic acids is 1. The number of amides is 1. The van der Waals surface area contributed by atoms with Crippen molar-refractivity contribution < 1.29 is 9.53 Å². The molecule has 33 heavy (non-hydrogen) atoms. The van der Waals surface area contributed by atoms with Crippen LogP contribution in [0, 0.1) is 5.92 Å². The summed E-state index contributed by atoms with van der Waals surface area (Å²) in [6.45, 7) is 9.40. The van der Waals surface area contributed by atoms with Gasteiger partial charge in [-0.3, -0.25) is 9.69 Å². The van der Waals surface area contributed by atoms with Crippen LogP contribution in [-0.2, 0) is 17.8 Å². The molecule has 1 aliphatic carbocycles. The van der Waals surface area contributed by atoms with E-state index in [1.54, 1.807) is 7.11 Å². The summed E-state index contributed by atoms with van der Waals surface area (Å²) >= 11 is 0. The van der Waals surface area contributed by atoms with Gasteiger partial charge in [-0.1, -0.05) is 30.3 Å². The minimum absolute atomic E-state index is 0.158. The monoisotopic (exact) mass is 443 g/mol. The van der Waals surface area contributed by atoms with Gasteiger partial charge in [0, 0.05) is 48.8 Å². The highest BCUT2D eigenvalue weighted by atomic mass is 16.5. The SMILES string of the molecule is CCN(CC)C(=O)[C@@H]1C=C2c3cccc4[nH]cc(c34)CC2(C)N(Cc2cccc(OC)c2)C1. The lowest BCUT2D eigenvalue weighted by molar-refractivity contribution is -0.134. The highest BCUT2D eigenvalue weighted by Crippen LogP contribution is 2.48. The molecule has 2 aromatic carbocycles. The number of rotatable bonds is 6. The van der Waals surface area contributed by atoms with Crippen LogP contribution in [0.3, 0.4) is 0 Å². The minimum atomic E-state index is -0.188. The molecule has 5 heteroatoms. The van der Waals surface area contributed by atoms with Crippen LogP contribution >= 0.6 is 0 Å². The van der Waals surface area contributed by atoms with Crippen LogP contribution in [0.5, 0.6) is 5.75 Å². The number of benzene rings is 2. The van der Waals surface area contributed by atoms with Gasteiger partial charge in [0.15, 0.2) is 0 Å². The van der Waals surface area contributed by atoms with E-state index in [4.69, 9.17) is 4.74 Å². The van der Waals surface area contributed by atoms with Crippen LogP contribution in [0.4, 0.5) is 0 Å². The van der Waals surface area contributed by atoms with E-state index >= 15 is 0 Å². The molecule has 3 aromatic rings. The van der Waals surface area contributed by atoms with Gasteiger partial charge >= 0.3 is 0 Å². The summed E-state index contributed by atoms with van der Waals surface area (Å²) in [6.07, 6.45) is 5.35. The molecule has 1 unspecified atom stereocenters. The molecule has 1 N–H and O–H groups in total. The van der Waals surface area contributed by atoms with Crippen LogP contribution in [0.1, 0.15) is 37.5 Å². The number of ether oxygens (including phenoxy) is 1. The summed E-state index contributed by atoms with van der Waals surface area (Å²) in [5, 5.41) is 1.30. The topological polar surface area (TPSA) is 48.6 Å². The molecular formula is C28H33N3O2. The maximum atomic E-state index is 13.5. The molecule has 5 rings (SSSR count). The first-order valence-corrected chi connectivity index (χ1v) is 12.0. The van der Waals surface area contributed by atoms with Crippen LogP contribution in [0.25, 0.3) is 16.5 Å². The Kier molecular flexibility index (Phi) is 5.53. The van der Waals surface area contributed by atoms with E-state index in [0.717, 1.165) is 31.8 Å². The van der Waals surface area contributed by atoms with Crippen molar-refractivity contribution in [1.82, 2.24) is 14.8 Å². The van der Waals surface area contributed by atoms with Crippen molar-refractivity contribution in [2.75, 3.05) is 26.7 Å². The molecule has 1 aliphatic heterocycles. The van der Waals surface area contributed by atoms with Crippen molar-refractivity contribution in [3.05, 3.63) is 71.4 Å². The molecule has 2 aliphatic rings. The quantitative estimate of drug-likeness (QED) is 0.591. The summed E-state index contributed by atoms with van der Waals surface area (Å²) in [5.74, 6) is 0.925. The molecule has 0 bridgehead atoms.